The van der Waals surface area contributed by atoms with Gasteiger partial charge in [-0.3, -0.25) is 9.78 Å². The first kappa shape index (κ1) is 13.8. The summed E-state index contributed by atoms with van der Waals surface area (Å²) in [6.07, 6.45) is 5.33. The lowest BCUT2D eigenvalue weighted by atomic mass is 10.1. The first-order valence-electron chi connectivity index (χ1n) is 6.82. The minimum Gasteiger partial charge on any atom is -0.385 e. The van der Waals surface area contributed by atoms with Gasteiger partial charge in [-0.2, -0.15) is 0 Å². The largest absolute Gasteiger partial charge is 0.385 e. The van der Waals surface area contributed by atoms with Crippen LogP contribution in [0.2, 0.25) is 0 Å². The zero-order valence-electron chi connectivity index (χ0n) is 11.6. The second kappa shape index (κ2) is 6.52. The molecule has 1 aromatic rings. The molecule has 0 aliphatic carbocycles. The Morgan fingerprint density at radius 3 is 3.11 bits per heavy atom. The highest BCUT2D eigenvalue weighted by Crippen LogP contribution is 2.12. The monoisotopic (exact) mass is 262 g/mol. The molecular weight excluding hydrogens is 240 g/mol. The fraction of sp³-hybridized carbons (Fsp3) is 0.571. The second-order valence-corrected chi connectivity index (χ2v) is 5.14. The number of hydrogen-bond donors (Lipinski definition) is 2. The van der Waals surface area contributed by atoms with Crippen LogP contribution in [0.15, 0.2) is 18.3 Å². The van der Waals surface area contributed by atoms with Gasteiger partial charge >= 0.3 is 0 Å². The number of carbonyl (C=O) groups excluding carboxylic acids is 1. The Balaban J connectivity index is 1.86. The quantitative estimate of drug-likeness (QED) is 0.840. The van der Waals surface area contributed by atoms with E-state index in [1.807, 2.05) is 12.1 Å². The molecule has 5 heteroatoms. The molecule has 2 rings (SSSR count). The normalized spacial score (nSPS) is 18.3. The third-order valence-electron chi connectivity index (χ3n) is 3.37. The fourth-order valence-corrected chi connectivity index (χ4v) is 2.28. The van der Waals surface area contributed by atoms with Crippen LogP contribution in [-0.2, 0) is 0 Å². The zero-order chi connectivity index (χ0) is 13.7. The fourth-order valence-electron chi connectivity index (χ4n) is 2.28. The van der Waals surface area contributed by atoms with Crippen molar-refractivity contribution in [1.29, 1.82) is 0 Å². The molecule has 2 heterocycles. The average molecular weight is 262 g/mol. The number of rotatable bonds is 5. The van der Waals surface area contributed by atoms with Gasteiger partial charge in [0.05, 0.1) is 0 Å². The molecule has 104 valence electrons. The van der Waals surface area contributed by atoms with Gasteiger partial charge in [0.25, 0.3) is 5.91 Å². The highest BCUT2D eigenvalue weighted by molar-refractivity contribution is 5.92. The van der Waals surface area contributed by atoms with Crippen molar-refractivity contribution < 1.29 is 4.79 Å². The number of hydrogen-bond acceptors (Lipinski definition) is 4. The molecule has 0 saturated carbocycles. The summed E-state index contributed by atoms with van der Waals surface area (Å²) in [4.78, 5) is 17.4. The molecule has 0 aromatic carbocycles. The maximum absolute atomic E-state index is 11.8. The average Bonchev–Trinajstić information content (AvgIpc) is 2.91. The van der Waals surface area contributed by atoms with E-state index in [4.69, 9.17) is 0 Å². The maximum atomic E-state index is 11.8. The maximum Gasteiger partial charge on any atom is 0.272 e. The van der Waals surface area contributed by atoms with Crippen LogP contribution in [-0.4, -0.2) is 49.0 Å². The Kier molecular flexibility index (Phi) is 4.74. The summed E-state index contributed by atoms with van der Waals surface area (Å²) in [6, 6.07) is 4.34. The van der Waals surface area contributed by atoms with E-state index in [0.29, 0.717) is 11.7 Å². The van der Waals surface area contributed by atoms with Crippen molar-refractivity contribution in [3.8, 4) is 0 Å². The predicted octanol–water partition coefficient (Wildman–Crippen LogP) is 1.34. The molecule has 1 fully saturated rings. The molecular formula is C14H22N4O. The van der Waals surface area contributed by atoms with E-state index in [0.717, 1.165) is 25.2 Å². The Morgan fingerprint density at radius 2 is 2.42 bits per heavy atom. The van der Waals surface area contributed by atoms with E-state index in [2.05, 4.69) is 15.6 Å². The summed E-state index contributed by atoms with van der Waals surface area (Å²) in [7, 11) is 3.46. The molecule has 1 saturated heterocycles. The van der Waals surface area contributed by atoms with Crippen molar-refractivity contribution in [2.75, 3.05) is 32.5 Å². The molecule has 5 nitrogen and oxygen atoms in total. The molecule has 0 radical (unpaired) electrons. The van der Waals surface area contributed by atoms with Crippen LogP contribution in [0.4, 0.5) is 5.69 Å². The van der Waals surface area contributed by atoms with Crippen molar-refractivity contribution in [2.45, 2.75) is 25.3 Å². The van der Waals surface area contributed by atoms with Crippen LogP contribution in [0, 0.1) is 0 Å². The van der Waals surface area contributed by atoms with Gasteiger partial charge in [0, 0.05) is 38.6 Å². The van der Waals surface area contributed by atoms with Crippen molar-refractivity contribution in [3.63, 3.8) is 0 Å². The van der Waals surface area contributed by atoms with E-state index < -0.39 is 0 Å². The van der Waals surface area contributed by atoms with E-state index in [-0.39, 0.29) is 5.91 Å². The standard InChI is InChI=1S/C14H22N4O/c1-18(2)14(19)13-10-12(6-9-17-13)16-8-5-11-4-3-7-15-11/h6,9-11,15H,3-5,7-8H2,1-2H3,(H,16,17)/t11-/m0/s1. The minimum absolute atomic E-state index is 0.0684. The number of pyridine rings is 1. The molecule has 1 aromatic heterocycles. The lowest BCUT2D eigenvalue weighted by Gasteiger charge is -2.13. The molecule has 0 bridgehead atoms. The third kappa shape index (κ3) is 3.92. The summed E-state index contributed by atoms with van der Waals surface area (Å²) >= 11 is 0. The predicted molar refractivity (Wildman–Crippen MR) is 76.4 cm³/mol. The van der Waals surface area contributed by atoms with Gasteiger partial charge in [-0.25, -0.2) is 0 Å². The number of carbonyl (C=O) groups is 1. The van der Waals surface area contributed by atoms with Gasteiger partial charge in [-0.1, -0.05) is 0 Å². The smallest absolute Gasteiger partial charge is 0.272 e. The van der Waals surface area contributed by atoms with Crippen molar-refractivity contribution >= 4 is 11.6 Å². The van der Waals surface area contributed by atoms with Crippen LogP contribution < -0.4 is 10.6 Å². The Morgan fingerprint density at radius 1 is 1.58 bits per heavy atom. The van der Waals surface area contributed by atoms with Crippen molar-refractivity contribution in [1.82, 2.24) is 15.2 Å². The number of nitrogens with zero attached hydrogens (tertiary/aromatic N) is 2. The van der Waals surface area contributed by atoms with Crippen LogP contribution in [0.25, 0.3) is 0 Å². The first-order chi connectivity index (χ1) is 9.16. The number of nitrogens with one attached hydrogen (secondary N) is 2. The summed E-state index contributed by atoms with van der Waals surface area (Å²) in [5, 5.41) is 6.83. The molecule has 2 N–H and O–H groups in total. The summed E-state index contributed by atoms with van der Waals surface area (Å²) in [6.45, 7) is 2.05. The van der Waals surface area contributed by atoms with Crippen LogP contribution in [0.1, 0.15) is 29.8 Å². The molecule has 1 aliphatic rings. The van der Waals surface area contributed by atoms with E-state index >= 15 is 0 Å². The van der Waals surface area contributed by atoms with Crippen LogP contribution >= 0.6 is 0 Å². The van der Waals surface area contributed by atoms with E-state index in [9.17, 15) is 4.79 Å². The number of anilines is 1. The molecule has 0 unspecified atom stereocenters. The lowest BCUT2D eigenvalue weighted by molar-refractivity contribution is 0.0822. The number of aromatic nitrogens is 1. The molecule has 1 atom stereocenters. The highest BCUT2D eigenvalue weighted by atomic mass is 16.2. The van der Waals surface area contributed by atoms with Crippen LogP contribution in [0.5, 0.6) is 0 Å². The zero-order valence-corrected chi connectivity index (χ0v) is 11.6. The molecule has 0 spiro atoms. The van der Waals surface area contributed by atoms with Crippen molar-refractivity contribution in [3.05, 3.63) is 24.0 Å². The van der Waals surface area contributed by atoms with Gasteiger partial charge in [0.2, 0.25) is 0 Å². The third-order valence-corrected chi connectivity index (χ3v) is 3.37. The lowest BCUT2D eigenvalue weighted by Crippen LogP contribution is -2.24. The van der Waals surface area contributed by atoms with Crippen LogP contribution in [0.3, 0.4) is 0 Å². The number of amides is 1. The SMILES string of the molecule is CN(C)C(=O)c1cc(NCC[C@@H]2CCCN2)ccn1. The second-order valence-electron chi connectivity index (χ2n) is 5.14. The van der Waals surface area contributed by atoms with E-state index in [1.165, 1.54) is 17.7 Å². The van der Waals surface area contributed by atoms with Gasteiger partial charge in [-0.05, 0) is 37.9 Å². The highest BCUT2D eigenvalue weighted by Gasteiger charge is 2.13. The molecule has 1 aliphatic heterocycles. The summed E-state index contributed by atoms with van der Waals surface area (Å²) in [5.74, 6) is -0.0684. The van der Waals surface area contributed by atoms with Crippen molar-refractivity contribution in [2.24, 2.45) is 0 Å². The first-order valence-corrected chi connectivity index (χ1v) is 6.82. The summed E-state index contributed by atoms with van der Waals surface area (Å²) in [5.41, 5.74) is 1.44. The van der Waals surface area contributed by atoms with Gasteiger partial charge in [0.1, 0.15) is 5.69 Å². The minimum atomic E-state index is -0.0684. The van der Waals surface area contributed by atoms with Gasteiger partial charge in [0.15, 0.2) is 0 Å². The molecule has 1 amide bonds. The topological polar surface area (TPSA) is 57.3 Å². The Bertz CT molecular complexity index is 427. The molecule has 19 heavy (non-hydrogen) atoms. The Hall–Kier alpha value is -1.62. The van der Waals surface area contributed by atoms with Gasteiger partial charge in [-0.15, -0.1) is 0 Å². The van der Waals surface area contributed by atoms with E-state index in [1.54, 1.807) is 20.3 Å². The van der Waals surface area contributed by atoms with Gasteiger partial charge < -0.3 is 15.5 Å². The summed E-state index contributed by atoms with van der Waals surface area (Å²) < 4.78 is 0. The Labute approximate surface area is 114 Å².